The highest BCUT2D eigenvalue weighted by Crippen LogP contribution is 2.13. The van der Waals surface area contributed by atoms with Crippen molar-refractivity contribution in [2.24, 2.45) is 0 Å². The van der Waals surface area contributed by atoms with E-state index in [2.05, 4.69) is 130 Å². The van der Waals surface area contributed by atoms with Crippen LogP contribution in [0.15, 0.2) is 122 Å². The molecule has 0 aromatic heterocycles. The Labute approximate surface area is 399 Å². The molecule has 0 bridgehead atoms. The summed E-state index contributed by atoms with van der Waals surface area (Å²) in [6, 6.07) is 0. The molecule has 0 aliphatic heterocycles. The van der Waals surface area contributed by atoms with Crippen molar-refractivity contribution in [2.75, 3.05) is 13.2 Å². The van der Waals surface area contributed by atoms with Crippen LogP contribution in [0.5, 0.6) is 0 Å². The van der Waals surface area contributed by atoms with Crippen LogP contribution in [0.3, 0.4) is 0 Å². The van der Waals surface area contributed by atoms with Gasteiger partial charge in [0.15, 0.2) is 6.10 Å². The maximum Gasteiger partial charge on any atom is 0.306 e. The number of ether oxygens (including phenoxy) is 3. The minimum Gasteiger partial charge on any atom is -0.462 e. The Bertz CT molecular complexity index is 1400. The summed E-state index contributed by atoms with van der Waals surface area (Å²) < 4.78 is 16.7. The van der Waals surface area contributed by atoms with E-state index in [0.29, 0.717) is 19.3 Å². The van der Waals surface area contributed by atoms with Crippen LogP contribution in [0.4, 0.5) is 0 Å². The van der Waals surface area contributed by atoms with Crippen molar-refractivity contribution in [1.29, 1.82) is 0 Å². The summed E-state index contributed by atoms with van der Waals surface area (Å²) in [5, 5.41) is 0. The quantitative estimate of drug-likeness (QED) is 0.0262. The molecular weight excluding hydrogens is 805 g/mol. The Balaban J connectivity index is 4.52. The summed E-state index contributed by atoms with van der Waals surface area (Å²) in [5.74, 6) is -1.06. The van der Waals surface area contributed by atoms with Gasteiger partial charge in [0.2, 0.25) is 0 Å². The van der Waals surface area contributed by atoms with Crippen molar-refractivity contribution in [3.05, 3.63) is 122 Å². The Morgan fingerprint density at radius 1 is 0.323 bits per heavy atom. The van der Waals surface area contributed by atoms with Crippen molar-refractivity contribution in [3.8, 4) is 0 Å². The second-order valence-corrected chi connectivity index (χ2v) is 16.7. The molecule has 0 spiro atoms. The van der Waals surface area contributed by atoms with E-state index in [0.717, 1.165) is 89.9 Å². The van der Waals surface area contributed by atoms with E-state index in [1.165, 1.54) is 70.6 Å². The number of hydrogen-bond acceptors (Lipinski definition) is 6. The smallest absolute Gasteiger partial charge is 0.306 e. The average Bonchev–Trinajstić information content (AvgIpc) is 3.30. The Hall–Kier alpha value is -4.19. The van der Waals surface area contributed by atoms with Gasteiger partial charge in [-0.25, -0.2) is 0 Å². The highest BCUT2D eigenvalue weighted by Gasteiger charge is 2.19. The number of hydrogen-bond donors (Lipinski definition) is 0. The van der Waals surface area contributed by atoms with Crippen LogP contribution in [0.25, 0.3) is 0 Å². The lowest BCUT2D eigenvalue weighted by Crippen LogP contribution is -2.30. The van der Waals surface area contributed by atoms with Gasteiger partial charge in [-0.15, -0.1) is 0 Å². The molecule has 0 aromatic rings. The summed E-state index contributed by atoms with van der Waals surface area (Å²) >= 11 is 0. The highest BCUT2D eigenvalue weighted by atomic mass is 16.6. The third-order valence-corrected chi connectivity index (χ3v) is 10.4. The molecule has 0 saturated heterocycles. The van der Waals surface area contributed by atoms with Crippen LogP contribution in [0.1, 0.15) is 213 Å². The van der Waals surface area contributed by atoms with Crippen molar-refractivity contribution < 1.29 is 28.6 Å². The first kappa shape index (κ1) is 60.8. The summed E-state index contributed by atoms with van der Waals surface area (Å²) in [5.41, 5.74) is 0. The molecule has 0 aromatic carbocycles. The molecule has 65 heavy (non-hydrogen) atoms. The maximum absolute atomic E-state index is 12.8. The second-order valence-electron chi connectivity index (χ2n) is 16.7. The highest BCUT2D eigenvalue weighted by molar-refractivity contribution is 5.71. The van der Waals surface area contributed by atoms with E-state index in [1.807, 2.05) is 12.2 Å². The van der Waals surface area contributed by atoms with Crippen LogP contribution >= 0.6 is 0 Å². The van der Waals surface area contributed by atoms with Gasteiger partial charge in [0.25, 0.3) is 0 Å². The number of allylic oxidation sites excluding steroid dienone is 20. The van der Waals surface area contributed by atoms with E-state index < -0.39 is 6.10 Å². The van der Waals surface area contributed by atoms with Gasteiger partial charge in [-0.05, 0) is 116 Å². The van der Waals surface area contributed by atoms with Crippen molar-refractivity contribution in [2.45, 2.75) is 219 Å². The monoisotopic (exact) mass is 899 g/mol. The molecule has 0 heterocycles. The lowest BCUT2D eigenvalue weighted by atomic mass is 10.1. The molecule has 0 aliphatic carbocycles. The Kier molecular flexibility index (Phi) is 49.1. The van der Waals surface area contributed by atoms with E-state index in [4.69, 9.17) is 14.2 Å². The predicted octanol–water partition coefficient (Wildman–Crippen LogP) is 17.3. The standard InChI is InChI=1S/C59H94O6/c1-4-7-10-13-16-19-22-25-27-28-29-30-32-34-37-40-43-46-49-52-58(61)64-55-56(54-63-57(60)51-48-45-42-39-36-33-24-21-18-15-12-9-6-3)65-59(62)53-50-47-44-41-38-35-31-26-23-20-17-14-11-8-5-2/h8-9,11-12,16-21,25-27,31,33,36,38,41-42,45,56H,4-7,10,13-15,22-24,28-30,32,34-35,37,39-40,43-44,46-55H2,1-3H3/b11-8-,12-9-,19-16-,20-17-,21-18-,27-25-,31-26-,36-33-,41-38-,45-42-. The number of esters is 3. The third kappa shape index (κ3) is 50.7. The molecule has 0 saturated carbocycles. The van der Waals surface area contributed by atoms with Gasteiger partial charge >= 0.3 is 17.9 Å². The van der Waals surface area contributed by atoms with E-state index in [1.54, 1.807) is 0 Å². The molecule has 0 aliphatic rings. The minimum absolute atomic E-state index is 0.122. The summed E-state index contributed by atoms with van der Waals surface area (Å²) in [6.45, 7) is 6.26. The van der Waals surface area contributed by atoms with Crippen molar-refractivity contribution >= 4 is 17.9 Å². The predicted molar refractivity (Wildman–Crippen MR) is 279 cm³/mol. The zero-order chi connectivity index (χ0) is 47.2. The Morgan fingerprint density at radius 2 is 0.631 bits per heavy atom. The lowest BCUT2D eigenvalue weighted by molar-refractivity contribution is -0.166. The molecule has 0 rings (SSSR count). The Morgan fingerprint density at radius 3 is 1.06 bits per heavy atom. The van der Waals surface area contributed by atoms with Crippen LogP contribution < -0.4 is 0 Å². The lowest BCUT2D eigenvalue weighted by Gasteiger charge is -2.18. The van der Waals surface area contributed by atoms with Gasteiger partial charge in [-0.2, -0.15) is 0 Å². The topological polar surface area (TPSA) is 78.9 Å². The van der Waals surface area contributed by atoms with E-state index in [9.17, 15) is 14.4 Å². The summed E-state index contributed by atoms with van der Waals surface area (Å²) in [6.07, 6.45) is 72.0. The zero-order valence-electron chi connectivity index (χ0n) is 41.7. The maximum atomic E-state index is 12.8. The van der Waals surface area contributed by atoms with Gasteiger partial charge in [-0.3, -0.25) is 14.4 Å². The van der Waals surface area contributed by atoms with E-state index in [-0.39, 0.29) is 44.0 Å². The van der Waals surface area contributed by atoms with Crippen LogP contribution in [-0.4, -0.2) is 37.2 Å². The number of unbranched alkanes of at least 4 members (excludes halogenated alkanes) is 14. The van der Waals surface area contributed by atoms with Crippen LogP contribution in [0.2, 0.25) is 0 Å². The molecule has 0 amide bonds. The fourth-order valence-electron chi connectivity index (χ4n) is 6.59. The molecule has 366 valence electrons. The normalized spacial score (nSPS) is 13.1. The molecule has 1 unspecified atom stereocenters. The number of rotatable bonds is 45. The first-order chi connectivity index (χ1) is 32.0. The fraction of sp³-hybridized carbons (Fsp3) is 0.610. The number of carbonyl (C=O) groups excluding carboxylic acids is 3. The molecule has 6 heteroatoms. The summed E-state index contributed by atoms with van der Waals surface area (Å²) in [7, 11) is 0. The summed E-state index contributed by atoms with van der Waals surface area (Å²) in [4.78, 5) is 37.9. The molecule has 0 N–H and O–H groups in total. The molecule has 1 atom stereocenters. The first-order valence-electron chi connectivity index (χ1n) is 26.0. The number of carbonyl (C=O) groups is 3. The SMILES string of the molecule is CC/C=C\C/C=C\C/C=C\C/C=C\CCCCC(=O)OC(COC(=O)CC/C=C\C/C=C\C/C=C\C/C=C\CC)COC(=O)CCCCCCCCCCC/C=C\C/C=C\CCCCC. The molecular formula is C59H94O6. The zero-order valence-corrected chi connectivity index (χ0v) is 41.7. The van der Waals surface area contributed by atoms with Gasteiger partial charge in [0, 0.05) is 19.3 Å². The largest absolute Gasteiger partial charge is 0.462 e. The third-order valence-electron chi connectivity index (χ3n) is 10.4. The van der Waals surface area contributed by atoms with Gasteiger partial charge in [-0.1, -0.05) is 200 Å². The molecule has 0 fully saturated rings. The van der Waals surface area contributed by atoms with Gasteiger partial charge in [0.05, 0.1) is 0 Å². The van der Waals surface area contributed by atoms with Crippen molar-refractivity contribution in [1.82, 2.24) is 0 Å². The minimum atomic E-state index is -0.833. The fourth-order valence-corrected chi connectivity index (χ4v) is 6.59. The van der Waals surface area contributed by atoms with Gasteiger partial charge < -0.3 is 14.2 Å². The average molecular weight is 899 g/mol. The second kappa shape index (κ2) is 52.4. The molecule has 0 radical (unpaired) electrons. The van der Waals surface area contributed by atoms with Gasteiger partial charge in [0.1, 0.15) is 13.2 Å². The van der Waals surface area contributed by atoms with Crippen molar-refractivity contribution in [3.63, 3.8) is 0 Å². The molecule has 6 nitrogen and oxygen atoms in total. The van der Waals surface area contributed by atoms with Crippen LogP contribution in [-0.2, 0) is 28.6 Å². The van der Waals surface area contributed by atoms with E-state index >= 15 is 0 Å². The van der Waals surface area contributed by atoms with Crippen LogP contribution in [0, 0.1) is 0 Å². The first-order valence-corrected chi connectivity index (χ1v) is 26.0.